The Morgan fingerprint density at radius 3 is 2.71 bits per heavy atom. The molecule has 0 bridgehead atoms. The molecule has 1 atom stereocenters. The second kappa shape index (κ2) is 6.48. The van der Waals surface area contributed by atoms with Crippen LogP contribution < -0.4 is 10.5 Å². The second-order valence-corrected chi connectivity index (χ2v) is 4.27. The highest BCUT2D eigenvalue weighted by Gasteiger charge is 2.15. The molecule has 0 unspecified atom stereocenters. The quantitative estimate of drug-likeness (QED) is 0.435. The summed E-state index contributed by atoms with van der Waals surface area (Å²) in [4.78, 5) is 25.4. The molecule has 92 valence electrons. The van der Waals surface area contributed by atoms with E-state index in [0.29, 0.717) is 10.6 Å². The summed E-state index contributed by atoms with van der Waals surface area (Å²) in [5.74, 6) is -1.37. The van der Waals surface area contributed by atoms with Gasteiger partial charge in [-0.25, -0.2) is 9.71 Å². The highest BCUT2D eigenvalue weighted by Crippen LogP contribution is 2.12. The van der Waals surface area contributed by atoms with Gasteiger partial charge in [0.2, 0.25) is 5.91 Å². The van der Waals surface area contributed by atoms with Gasteiger partial charge in [-0.3, -0.25) is 9.59 Å². The number of hydrogen-bond acceptors (Lipinski definition) is 6. The number of carboxylic acids is 1. The molecule has 0 spiro atoms. The Morgan fingerprint density at radius 2 is 2.29 bits per heavy atom. The van der Waals surface area contributed by atoms with Crippen LogP contribution in [0.2, 0.25) is 0 Å². The third-order valence-electron chi connectivity index (χ3n) is 1.81. The van der Waals surface area contributed by atoms with Gasteiger partial charge in [0.1, 0.15) is 11.1 Å². The van der Waals surface area contributed by atoms with Crippen molar-refractivity contribution < 1.29 is 14.7 Å². The van der Waals surface area contributed by atoms with Crippen LogP contribution in [0.3, 0.4) is 0 Å². The van der Waals surface area contributed by atoms with Crippen LogP contribution in [0.4, 0.5) is 0 Å². The maximum absolute atomic E-state index is 10.8. The van der Waals surface area contributed by atoms with Gasteiger partial charge >= 0.3 is 5.97 Å². The highest BCUT2D eigenvalue weighted by atomic mass is 32.2. The molecule has 0 aliphatic heterocycles. The van der Waals surface area contributed by atoms with Gasteiger partial charge in [-0.05, 0) is 24.1 Å². The first-order valence-corrected chi connectivity index (χ1v) is 6.01. The lowest BCUT2D eigenvalue weighted by atomic mass is 10.3. The lowest BCUT2D eigenvalue weighted by Gasteiger charge is -2.09. The van der Waals surface area contributed by atoms with Crippen LogP contribution in [0.25, 0.3) is 0 Å². The number of nitrogens with two attached hydrogens (primary N) is 1. The van der Waals surface area contributed by atoms with E-state index in [9.17, 15) is 9.59 Å². The van der Waals surface area contributed by atoms with Crippen LogP contribution in [-0.4, -0.2) is 33.8 Å². The number of carbonyl (C=O) groups excluding carboxylic acids is 1. The number of aliphatic carboxylic acids is 1. The van der Waals surface area contributed by atoms with E-state index < -0.39 is 17.9 Å². The molecule has 6 nitrogen and oxygen atoms in total. The molecular formula is C9H11N3O3S2. The number of pyridine rings is 1. The molecule has 0 fully saturated rings. The molecule has 8 heteroatoms. The van der Waals surface area contributed by atoms with E-state index >= 15 is 0 Å². The van der Waals surface area contributed by atoms with Crippen molar-refractivity contribution in [3.63, 3.8) is 0 Å². The predicted octanol–water partition coefficient (Wildman–Crippen LogP) is 0.160. The minimum Gasteiger partial charge on any atom is -0.480 e. The normalized spacial score (nSPS) is 12.1. The fourth-order valence-corrected chi connectivity index (χ4v) is 1.94. The summed E-state index contributed by atoms with van der Waals surface area (Å²) in [6.07, 6.45) is 1.34. The average molecular weight is 273 g/mol. The average Bonchev–Trinajstić information content (AvgIpc) is 2.30. The molecule has 0 saturated carbocycles. The number of amides is 1. The first kappa shape index (κ1) is 13.8. The Labute approximate surface area is 108 Å². The van der Waals surface area contributed by atoms with E-state index in [1.807, 2.05) is 0 Å². The van der Waals surface area contributed by atoms with Gasteiger partial charge in [0.15, 0.2) is 0 Å². The lowest BCUT2D eigenvalue weighted by molar-refractivity contribution is -0.138. The van der Waals surface area contributed by atoms with Crippen LogP contribution in [-0.2, 0) is 4.79 Å². The van der Waals surface area contributed by atoms with Crippen LogP contribution >= 0.6 is 24.6 Å². The van der Waals surface area contributed by atoms with Crippen molar-refractivity contribution in [3.8, 4) is 0 Å². The minimum atomic E-state index is -0.985. The van der Waals surface area contributed by atoms with E-state index in [2.05, 4.69) is 22.3 Å². The molecule has 1 rings (SSSR count). The number of primary amides is 1. The maximum atomic E-state index is 10.8. The molecule has 0 radical (unpaired) electrons. The molecular weight excluding hydrogens is 262 g/mol. The topological polar surface area (TPSA) is 105 Å². The van der Waals surface area contributed by atoms with Crippen molar-refractivity contribution >= 4 is 36.5 Å². The molecule has 1 aromatic rings. The van der Waals surface area contributed by atoms with E-state index in [1.54, 1.807) is 6.07 Å². The van der Waals surface area contributed by atoms with Crippen LogP contribution in [0.1, 0.15) is 10.4 Å². The SMILES string of the molecule is NC(=O)c1ccc(SN[C@@H](CS)C(=O)O)nc1. The standard InChI is InChI=1S/C9H11N3O3S2/c10-8(13)5-1-2-7(11-3-5)17-12-6(4-16)9(14)15/h1-3,6,12,16H,4H2,(H2,10,13)(H,14,15)/t6-/m0/s1. The van der Waals surface area contributed by atoms with Crippen molar-refractivity contribution in [3.05, 3.63) is 23.9 Å². The molecule has 0 aromatic carbocycles. The van der Waals surface area contributed by atoms with Crippen molar-refractivity contribution in [2.45, 2.75) is 11.1 Å². The third-order valence-corrected chi connectivity index (χ3v) is 3.03. The largest absolute Gasteiger partial charge is 0.480 e. The molecule has 0 aliphatic carbocycles. The fraction of sp³-hybridized carbons (Fsp3) is 0.222. The molecule has 17 heavy (non-hydrogen) atoms. The zero-order valence-electron chi connectivity index (χ0n) is 8.66. The summed E-state index contributed by atoms with van der Waals surface area (Å²) in [6, 6.07) is 2.34. The number of carboxylic acid groups (broad SMARTS) is 1. The number of carbonyl (C=O) groups is 2. The highest BCUT2D eigenvalue weighted by molar-refractivity contribution is 7.97. The Balaban J connectivity index is 2.58. The number of rotatable bonds is 6. The Bertz CT molecular complexity index is 410. The molecule has 1 heterocycles. The fourth-order valence-electron chi connectivity index (χ4n) is 0.884. The van der Waals surface area contributed by atoms with Crippen molar-refractivity contribution in [1.82, 2.24) is 9.71 Å². The monoisotopic (exact) mass is 273 g/mol. The summed E-state index contributed by atoms with van der Waals surface area (Å²) in [7, 11) is 0. The van der Waals surface area contributed by atoms with E-state index in [4.69, 9.17) is 10.8 Å². The molecule has 4 N–H and O–H groups in total. The van der Waals surface area contributed by atoms with Crippen molar-refractivity contribution in [2.24, 2.45) is 5.73 Å². The van der Waals surface area contributed by atoms with E-state index in [0.717, 1.165) is 11.9 Å². The van der Waals surface area contributed by atoms with Gasteiger partial charge in [0.25, 0.3) is 0 Å². The van der Waals surface area contributed by atoms with E-state index in [-0.39, 0.29) is 5.75 Å². The van der Waals surface area contributed by atoms with Crippen LogP contribution in [0.5, 0.6) is 0 Å². The molecule has 1 aromatic heterocycles. The predicted molar refractivity (Wildman–Crippen MR) is 67.0 cm³/mol. The second-order valence-electron chi connectivity index (χ2n) is 3.04. The number of thiol groups is 1. The van der Waals surface area contributed by atoms with Gasteiger partial charge < -0.3 is 10.8 Å². The maximum Gasteiger partial charge on any atom is 0.322 e. The van der Waals surface area contributed by atoms with Crippen molar-refractivity contribution in [1.29, 1.82) is 0 Å². The minimum absolute atomic E-state index is 0.168. The van der Waals surface area contributed by atoms with Gasteiger partial charge in [-0.1, -0.05) is 0 Å². The molecule has 0 saturated heterocycles. The first-order chi connectivity index (χ1) is 8.04. The van der Waals surface area contributed by atoms with Gasteiger partial charge in [0.05, 0.1) is 5.56 Å². The Hall–Kier alpha value is -1.25. The third kappa shape index (κ3) is 4.25. The Kier molecular flexibility index (Phi) is 5.26. The number of nitrogens with zero attached hydrogens (tertiary/aromatic N) is 1. The van der Waals surface area contributed by atoms with Crippen LogP contribution in [0, 0.1) is 0 Å². The van der Waals surface area contributed by atoms with Gasteiger partial charge in [-0.2, -0.15) is 12.6 Å². The van der Waals surface area contributed by atoms with Crippen LogP contribution in [0.15, 0.2) is 23.4 Å². The van der Waals surface area contributed by atoms with Crippen molar-refractivity contribution in [2.75, 3.05) is 5.75 Å². The molecule has 1 amide bonds. The molecule has 0 aliphatic rings. The summed E-state index contributed by atoms with van der Waals surface area (Å²) in [5, 5.41) is 9.31. The first-order valence-electron chi connectivity index (χ1n) is 4.56. The van der Waals surface area contributed by atoms with Gasteiger partial charge in [-0.15, -0.1) is 0 Å². The summed E-state index contributed by atoms with van der Waals surface area (Å²) in [6.45, 7) is 0. The van der Waals surface area contributed by atoms with E-state index in [1.165, 1.54) is 12.3 Å². The lowest BCUT2D eigenvalue weighted by Crippen LogP contribution is -2.33. The smallest absolute Gasteiger partial charge is 0.322 e. The summed E-state index contributed by atoms with van der Waals surface area (Å²) < 4.78 is 2.70. The zero-order chi connectivity index (χ0) is 12.8. The number of hydrogen-bond donors (Lipinski definition) is 4. The van der Waals surface area contributed by atoms with Gasteiger partial charge in [0, 0.05) is 11.9 Å². The Morgan fingerprint density at radius 1 is 1.59 bits per heavy atom. The number of nitrogens with one attached hydrogen (secondary N) is 1. The summed E-state index contributed by atoms with van der Waals surface area (Å²) in [5.41, 5.74) is 5.36. The number of aromatic nitrogens is 1. The zero-order valence-corrected chi connectivity index (χ0v) is 10.4. The summed E-state index contributed by atoms with van der Waals surface area (Å²) >= 11 is 4.97.